The Balaban J connectivity index is 1.12. The average molecular weight is 541 g/mol. The van der Waals surface area contributed by atoms with Crippen LogP contribution >= 0.6 is 0 Å². The van der Waals surface area contributed by atoms with E-state index in [1.807, 2.05) is 43.3 Å². The van der Waals surface area contributed by atoms with Crippen molar-refractivity contribution >= 4 is 22.4 Å². The van der Waals surface area contributed by atoms with Gasteiger partial charge in [0.15, 0.2) is 5.78 Å². The van der Waals surface area contributed by atoms with Gasteiger partial charge in [0.25, 0.3) is 5.56 Å². The predicted molar refractivity (Wildman–Crippen MR) is 159 cm³/mol. The zero-order chi connectivity index (χ0) is 28.1. The second-order valence-electron chi connectivity index (χ2n) is 10.5. The fraction of sp³-hybridized carbons (Fsp3) is 0.344. The number of unbranched alkanes of at least 4 members (excludes halogenated alkanes) is 1. The second-order valence-corrected chi connectivity index (χ2v) is 10.5. The average Bonchev–Trinajstić information content (AvgIpc) is 2.98. The molecule has 0 saturated carbocycles. The Morgan fingerprint density at radius 2 is 1.62 bits per heavy atom. The number of rotatable bonds is 10. The molecule has 0 amide bonds. The quantitative estimate of drug-likeness (QED) is 0.239. The number of piperazine rings is 1. The summed E-state index contributed by atoms with van der Waals surface area (Å²) < 4.78 is 6.45. The van der Waals surface area contributed by atoms with E-state index in [1.54, 1.807) is 25.3 Å². The number of ether oxygens (including phenoxy) is 1. The van der Waals surface area contributed by atoms with Crippen molar-refractivity contribution in [3.05, 3.63) is 104 Å². The van der Waals surface area contributed by atoms with E-state index < -0.39 is 5.69 Å². The minimum Gasteiger partial charge on any atom is -0.497 e. The van der Waals surface area contributed by atoms with Gasteiger partial charge in [-0.15, -0.1) is 0 Å². The lowest BCUT2D eigenvalue weighted by atomic mass is 10.0. The van der Waals surface area contributed by atoms with E-state index in [0.717, 1.165) is 62.4 Å². The number of aryl methyl sites for hydroxylation is 1. The zero-order valence-electron chi connectivity index (χ0n) is 23.2. The van der Waals surface area contributed by atoms with Crippen LogP contribution in [0.25, 0.3) is 10.9 Å². The standard InChI is InChI=1S/C32H36N4O4/c1-23-6-8-24(9-7-23)22-36-31(38)28-15-10-25(21-29(28)33-32(36)39)30(37)5-3-4-16-34-17-19-35(20-18-34)26-11-13-27(40-2)14-12-26/h6-15,21H,3-5,16-20,22H2,1-2H3,(H,33,39). The molecule has 208 valence electrons. The number of aromatic amines is 1. The summed E-state index contributed by atoms with van der Waals surface area (Å²) >= 11 is 0. The largest absolute Gasteiger partial charge is 0.497 e. The minimum absolute atomic E-state index is 0.0240. The third-order valence-corrected chi connectivity index (χ3v) is 7.70. The molecule has 0 spiro atoms. The zero-order valence-corrected chi connectivity index (χ0v) is 23.2. The maximum atomic E-state index is 13.0. The van der Waals surface area contributed by atoms with Gasteiger partial charge in [0, 0.05) is 43.9 Å². The molecule has 3 aromatic carbocycles. The number of methoxy groups -OCH3 is 1. The predicted octanol–water partition coefficient (Wildman–Crippen LogP) is 4.23. The molecule has 1 saturated heterocycles. The highest BCUT2D eigenvalue weighted by Gasteiger charge is 2.17. The number of Topliss-reactive ketones (excluding diaryl/α,β-unsaturated/α-hetero) is 1. The van der Waals surface area contributed by atoms with Crippen molar-refractivity contribution in [1.82, 2.24) is 14.5 Å². The lowest BCUT2D eigenvalue weighted by Gasteiger charge is -2.36. The molecule has 1 aromatic heterocycles. The van der Waals surface area contributed by atoms with Crippen LogP contribution in [0.2, 0.25) is 0 Å². The smallest absolute Gasteiger partial charge is 0.329 e. The van der Waals surface area contributed by atoms with Crippen LogP contribution in [0.4, 0.5) is 5.69 Å². The monoisotopic (exact) mass is 540 g/mol. The van der Waals surface area contributed by atoms with Gasteiger partial charge in [0.1, 0.15) is 5.75 Å². The van der Waals surface area contributed by atoms with E-state index in [1.165, 1.54) is 10.3 Å². The van der Waals surface area contributed by atoms with Crippen molar-refractivity contribution in [1.29, 1.82) is 0 Å². The first-order valence-corrected chi connectivity index (χ1v) is 13.9. The summed E-state index contributed by atoms with van der Waals surface area (Å²) in [6.45, 7) is 7.11. The lowest BCUT2D eigenvalue weighted by Crippen LogP contribution is -2.46. The van der Waals surface area contributed by atoms with E-state index in [9.17, 15) is 14.4 Å². The molecule has 8 heteroatoms. The summed E-state index contributed by atoms with van der Waals surface area (Å²) in [4.78, 5) is 46.3. The maximum absolute atomic E-state index is 13.0. The first-order valence-electron chi connectivity index (χ1n) is 13.9. The Morgan fingerprint density at radius 1 is 0.900 bits per heavy atom. The molecule has 5 rings (SSSR count). The van der Waals surface area contributed by atoms with Crippen LogP contribution in [0.3, 0.4) is 0 Å². The Bertz CT molecular complexity index is 1580. The Hall–Kier alpha value is -4.17. The third kappa shape index (κ3) is 6.34. The van der Waals surface area contributed by atoms with Gasteiger partial charge in [-0.2, -0.15) is 0 Å². The van der Waals surface area contributed by atoms with Crippen LogP contribution in [-0.2, 0) is 6.54 Å². The number of nitrogens with one attached hydrogen (secondary N) is 1. The number of benzene rings is 3. The van der Waals surface area contributed by atoms with E-state index >= 15 is 0 Å². The van der Waals surface area contributed by atoms with Gasteiger partial charge in [0.05, 0.1) is 24.6 Å². The fourth-order valence-corrected chi connectivity index (χ4v) is 5.24. The highest BCUT2D eigenvalue weighted by Crippen LogP contribution is 2.21. The molecule has 0 radical (unpaired) electrons. The van der Waals surface area contributed by atoms with Crippen molar-refractivity contribution in [2.24, 2.45) is 0 Å². The van der Waals surface area contributed by atoms with Gasteiger partial charge in [-0.05, 0) is 68.3 Å². The van der Waals surface area contributed by atoms with Crippen molar-refractivity contribution in [2.45, 2.75) is 32.7 Å². The summed E-state index contributed by atoms with van der Waals surface area (Å²) in [5.41, 5.74) is 3.29. The first-order chi connectivity index (χ1) is 19.4. The number of fused-ring (bicyclic) bond motifs is 1. The summed E-state index contributed by atoms with van der Waals surface area (Å²) in [7, 11) is 1.68. The Labute approximate surface area is 233 Å². The Morgan fingerprint density at radius 3 is 2.33 bits per heavy atom. The SMILES string of the molecule is COc1ccc(N2CCN(CCCCC(=O)c3ccc4c(=O)n(Cc5ccc(C)cc5)c(=O)[nH]c4c3)CC2)cc1. The third-order valence-electron chi connectivity index (χ3n) is 7.70. The van der Waals surface area contributed by atoms with Crippen molar-refractivity contribution in [3.8, 4) is 5.75 Å². The van der Waals surface area contributed by atoms with E-state index in [4.69, 9.17) is 4.74 Å². The molecule has 8 nitrogen and oxygen atoms in total. The number of hydrogen-bond acceptors (Lipinski definition) is 6. The molecule has 1 aliphatic heterocycles. The number of hydrogen-bond donors (Lipinski definition) is 1. The summed E-state index contributed by atoms with van der Waals surface area (Å²) in [5.74, 6) is 0.891. The summed E-state index contributed by atoms with van der Waals surface area (Å²) in [5, 5.41) is 0.400. The molecular formula is C32H36N4O4. The molecule has 1 aliphatic rings. The van der Waals surface area contributed by atoms with E-state index in [2.05, 4.69) is 26.9 Å². The molecular weight excluding hydrogens is 504 g/mol. The Kier molecular flexibility index (Phi) is 8.45. The molecule has 0 atom stereocenters. The molecule has 40 heavy (non-hydrogen) atoms. The van der Waals surface area contributed by atoms with Gasteiger partial charge < -0.3 is 14.6 Å². The normalized spacial score (nSPS) is 14.0. The minimum atomic E-state index is -0.477. The van der Waals surface area contributed by atoms with Crippen LogP contribution in [-0.4, -0.2) is 60.1 Å². The number of carbonyl (C=O) groups excluding carboxylic acids is 1. The van der Waals surface area contributed by atoms with Crippen LogP contribution in [0, 0.1) is 6.92 Å². The van der Waals surface area contributed by atoms with Crippen molar-refractivity contribution in [2.75, 3.05) is 44.7 Å². The summed E-state index contributed by atoms with van der Waals surface area (Å²) in [6.07, 6.45) is 2.18. The van der Waals surface area contributed by atoms with Crippen LogP contribution in [0.15, 0.2) is 76.3 Å². The van der Waals surface area contributed by atoms with Crippen LogP contribution < -0.4 is 20.9 Å². The van der Waals surface area contributed by atoms with Gasteiger partial charge in [-0.25, -0.2) is 4.79 Å². The topological polar surface area (TPSA) is 87.6 Å². The molecule has 4 aromatic rings. The first kappa shape index (κ1) is 27.4. The van der Waals surface area contributed by atoms with Crippen molar-refractivity contribution in [3.63, 3.8) is 0 Å². The van der Waals surface area contributed by atoms with E-state index in [-0.39, 0.29) is 17.9 Å². The number of ketones is 1. The van der Waals surface area contributed by atoms with Gasteiger partial charge in [-0.3, -0.25) is 19.1 Å². The van der Waals surface area contributed by atoms with Gasteiger partial charge >= 0.3 is 5.69 Å². The number of H-pyrrole nitrogens is 1. The maximum Gasteiger partial charge on any atom is 0.329 e. The van der Waals surface area contributed by atoms with Crippen molar-refractivity contribution < 1.29 is 9.53 Å². The number of aromatic nitrogens is 2. The summed E-state index contributed by atoms with van der Waals surface area (Å²) in [6, 6.07) is 20.9. The highest BCUT2D eigenvalue weighted by atomic mass is 16.5. The number of anilines is 1. The molecule has 0 aliphatic carbocycles. The van der Waals surface area contributed by atoms with Gasteiger partial charge in [-0.1, -0.05) is 35.9 Å². The lowest BCUT2D eigenvalue weighted by molar-refractivity contribution is 0.0978. The fourth-order valence-electron chi connectivity index (χ4n) is 5.24. The highest BCUT2D eigenvalue weighted by molar-refractivity contribution is 5.99. The van der Waals surface area contributed by atoms with Crippen LogP contribution in [0.1, 0.15) is 40.7 Å². The molecule has 1 N–H and O–H groups in total. The molecule has 1 fully saturated rings. The van der Waals surface area contributed by atoms with Gasteiger partial charge in [0.2, 0.25) is 0 Å². The second kappa shape index (κ2) is 12.3. The molecule has 0 unspecified atom stereocenters. The molecule has 0 bridgehead atoms. The van der Waals surface area contributed by atoms with E-state index in [0.29, 0.717) is 22.9 Å². The molecule has 2 heterocycles. The number of nitrogens with zero attached hydrogens (tertiary/aromatic N) is 3. The van der Waals surface area contributed by atoms with Crippen LogP contribution in [0.5, 0.6) is 5.75 Å². The number of carbonyl (C=O) groups is 1.